The molecule has 1 heterocycles. The number of rotatable bonds is 6. The number of nitrogens with zero attached hydrogens (tertiary/aromatic N) is 3. The topological polar surface area (TPSA) is 165 Å². The fraction of sp³-hybridized carbons (Fsp3) is 0.158. The summed E-state index contributed by atoms with van der Waals surface area (Å²) in [4.78, 5) is 23.3. The van der Waals surface area contributed by atoms with E-state index >= 15 is 0 Å². The Morgan fingerprint density at radius 2 is 1.94 bits per heavy atom. The number of ether oxygens (including phenoxy) is 1. The van der Waals surface area contributed by atoms with Crippen molar-refractivity contribution >= 4 is 39.1 Å². The number of carbonyl (C=O) groups excluding carboxylic acids is 1. The van der Waals surface area contributed by atoms with Crippen LogP contribution in [0.4, 0.5) is 11.4 Å². The molecule has 0 unspecified atom stereocenters. The first-order valence-corrected chi connectivity index (χ1v) is 10.5. The average molecular weight is 446 g/mol. The van der Waals surface area contributed by atoms with Gasteiger partial charge in [0.25, 0.3) is 5.91 Å². The SMILES string of the molecule is CCOc1cc(C=C2C(=O)N(c3ccc(S(N)(=O)=O)cc3)N=C2C)cc([N+](=O)[O-])c1O. The molecule has 0 aliphatic carbocycles. The summed E-state index contributed by atoms with van der Waals surface area (Å²) in [5.74, 6) is -1.21. The van der Waals surface area contributed by atoms with Crippen molar-refractivity contribution in [1.29, 1.82) is 0 Å². The largest absolute Gasteiger partial charge is 0.500 e. The molecule has 0 aromatic heterocycles. The second-order valence-electron chi connectivity index (χ2n) is 6.48. The van der Waals surface area contributed by atoms with Crippen LogP contribution in [0.2, 0.25) is 0 Å². The first kappa shape index (κ1) is 21.9. The number of sulfonamides is 1. The molecule has 162 valence electrons. The van der Waals surface area contributed by atoms with E-state index in [1.807, 2.05) is 0 Å². The van der Waals surface area contributed by atoms with Crippen molar-refractivity contribution in [2.45, 2.75) is 18.7 Å². The van der Waals surface area contributed by atoms with Crippen LogP contribution in [0.1, 0.15) is 19.4 Å². The van der Waals surface area contributed by atoms with Crippen molar-refractivity contribution in [2.24, 2.45) is 10.2 Å². The third-order valence-electron chi connectivity index (χ3n) is 4.36. The molecule has 3 N–H and O–H groups in total. The zero-order valence-corrected chi connectivity index (χ0v) is 17.3. The summed E-state index contributed by atoms with van der Waals surface area (Å²) in [5.41, 5.74) is 0.518. The van der Waals surface area contributed by atoms with E-state index in [2.05, 4.69) is 5.10 Å². The number of hydrogen-bond donors (Lipinski definition) is 2. The van der Waals surface area contributed by atoms with Crippen LogP contribution in [0.3, 0.4) is 0 Å². The molecule has 1 aliphatic heterocycles. The average Bonchev–Trinajstić information content (AvgIpc) is 2.98. The number of nitro benzene ring substituents is 1. The zero-order valence-electron chi connectivity index (χ0n) is 16.5. The second kappa shape index (κ2) is 8.16. The molecule has 0 saturated carbocycles. The van der Waals surface area contributed by atoms with Gasteiger partial charge >= 0.3 is 5.69 Å². The number of aromatic hydroxyl groups is 1. The number of benzene rings is 2. The number of carbonyl (C=O) groups is 1. The number of hydrogen-bond acceptors (Lipinski definition) is 8. The van der Waals surface area contributed by atoms with Crippen molar-refractivity contribution in [2.75, 3.05) is 11.6 Å². The minimum atomic E-state index is -3.88. The summed E-state index contributed by atoms with van der Waals surface area (Å²) in [6.45, 7) is 3.42. The van der Waals surface area contributed by atoms with Crippen LogP contribution < -0.4 is 14.9 Å². The van der Waals surface area contributed by atoms with Crippen LogP contribution in [-0.4, -0.2) is 36.7 Å². The van der Waals surface area contributed by atoms with Crippen molar-refractivity contribution in [1.82, 2.24) is 0 Å². The van der Waals surface area contributed by atoms with Crippen LogP contribution in [0.15, 0.2) is 52.0 Å². The lowest BCUT2D eigenvalue weighted by molar-refractivity contribution is -0.386. The molecule has 3 rings (SSSR count). The lowest BCUT2D eigenvalue weighted by Crippen LogP contribution is -2.21. The van der Waals surface area contributed by atoms with E-state index in [4.69, 9.17) is 9.88 Å². The van der Waals surface area contributed by atoms with Gasteiger partial charge in [0.1, 0.15) is 0 Å². The van der Waals surface area contributed by atoms with Gasteiger partial charge in [-0.05, 0) is 55.8 Å². The van der Waals surface area contributed by atoms with Crippen molar-refractivity contribution in [3.63, 3.8) is 0 Å². The molecule has 0 saturated heterocycles. The Morgan fingerprint density at radius 1 is 1.29 bits per heavy atom. The fourth-order valence-corrected chi connectivity index (χ4v) is 3.42. The predicted molar refractivity (Wildman–Crippen MR) is 112 cm³/mol. The molecule has 2 aromatic rings. The van der Waals surface area contributed by atoms with Gasteiger partial charge in [-0.3, -0.25) is 14.9 Å². The number of nitrogens with two attached hydrogens (primary N) is 1. The fourth-order valence-electron chi connectivity index (χ4n) is 2.90. The maximum absolute atomic E-state index is 12.9. The molecule has 31 heavy (non-hydrogen) atoms. The number of hydrazone groups is 1. The van der Waals surface area contributed by atoms with Gasteiger partial charge in [-0.15, -0.1) is 0 Å². The molecular weight excluding hydrogens is 428 g/mol. The van der Waals surface area contributed by atoms with Crippen LogP contribution >= 0.6 is 0 Å². The molecule has 0 bridgehead atoms. The Morgan fingerprint density at radius 3 is 2.48 bits per heavy atom. The maximum atomic E-state index is 12.9. The van der Waals surface area contributed by atoms with E-state index in [1.165, 1.54) is 36.4 Å². The van der Waals surface area contributed by atoms with Crippen LogP contribution in [0, 0.1) is 10.1 Å². The molecule has 11 nitrogen and oxygen atoms in total. The monoisotopic (exact) mass is 446 g/mol. The smallest absolute Gasteiger partial charge is 0.315 e. The van der Waals surface area contributed by atoms with Crippen LogP contribution in [0.5, 0.6) is 11.5 Å². The van der Waals surface area contributed by atoms with Gasteiger partial charge in [0.15, 0.2) is 5.75 Å². The van der Waals surface area contributed by atoms with Gasteiger partial charge in [0.2, 0.25) is 15.8 Å². The third-order valence-corrected chi connectivity index (χ3v) is 5.29. The predicted octanol–water partition coefficient (Wildman–Crippen LogP) is 2.15. The molecule has 12 heteroatoms. The molecule has 0 fully saturated rings. The Hall–Kier alpha value is -3.77. The summed E-state index contributed by atoms with van der Waals surface area (Å²) in [7, 11) is -3.88. The Kier molecular flexibility index (Phi) is 5.77. The molecule has 1 aliphatic rings. The standard InChI is InChI=1S/C19H18N4O7S/c1-3-30-17-10-12(9-16(18(17)24)23(26)27)8-15-11(2)21-22(19(15)25)13-4-6-14(7-5-13)31(20,28)29/h4-10,24H,3H2,1-2H3,(H2,20,28,29). The highest BCUT2D eigenvalue weighted by Gasteiger charge is 2.29. The number of phenols is 1. The molecule has 1 amide bonds. The van der Waals surface area contributed by atoms with E-state index in [-0.39, 0.29) is 28.4 Å². The maximum Gasteiger partial charge on any atom is 0.315 e. The summed E-state index contributed by atoms with van der Waals surface area (Å²) >= 11 is 0. The van der Waals surface area contributed by atoms with Gasteiger partial charge in [0.05, 0.1) is 33.4 Å². The summed E-state index contributed by atoms with van der Waals surface area (Å²) in [6.07, 6.45) is 1.40. The van der Waals surface area contributed by atoms with Gasteiger partial charge in [0, 0.05) is 6.07 Å². The highest BCUT2D eigenvalue weighted by atomic mass is 32.2. The Bertz CT molecular complexity index is 1230. The van der Waals surface area contributed by atoms with Gasteiger partial charge in [-0.1, -0.05) is 0 Å². The molecule has 0 radical (unpaired) electrons. The number of phenolic OH excluding ortho intramolecular Hbond substituents is 1. The van der Waals surface area contributed by atoms with E-state index in [1.54, 1.807) is 13.8 Å². The Labute approximate surface area is 177 Å². The molecule has 0 spiro atoms. The van der Waals surface area contributed by atoms with E-state index < -0.39 is 32.3 Å². The van der Waals surface area contributed by atoms with Crippen LogP contribution in [-0.2, 0) is 14.8 Å². The summed E-state index contributed by atoms with van der Waals surface area (Å²) in [6, 6.07) is 7.77. The highest BCUT2D eigenvalue weighted by molar-refractivity contribution is 7.89. The van der Waals surface area contributed by atoms with E-state index in [9.17, 15) is 28.4 Å². The first-order valence-electron chi connectivity index (χ1n) is 8.91. The van der Waals surface area contributed by atoms with Gasteiger partial charge in [-0.2, -0.15) is 10.1 Å². The lowest BCUT2D eigenvalue weighted by Gasteiger charge is -2.12. The summed E-state index contributed by atoms with van der Waals surface area (Å²) in [5, 5.41) is 31.6. The van der Waals surface area contributed by atoms with Crippen LogP contribution in [0.25, 0.3) is 6.08 Å². The summed E-state index contributed by atoms with van der Waals surface area (Å²) < 4.78 is 28.0. The molecule has 0 atom stereocenters. The number of amides is 1. The number of nitro groups is 1. The zero-order chi connectivity index (χ0) is 22.9. The minimum absolute atomic E-state index is 0.0842. The van der Waals surface area contributed by atoms with Gasteiger partial charge < -0.3 is 9.84 Å². The minimum Gasteiger partial charge on any atom is -0.500 e. The first-order chi connectivity index (χ1) is 14.5. The third kappa shape index (κ3) is 4.39. The Balaban J connectivity index is 1.99. The quantitative estimate of drug-likeness (QED) is 0.389. The van der Waals surface area contributed by atoms with E-state index in [0.29, 0.717) is 11.4 Å². The van der Waals surface area contributed by atoms with E-state index in [0.717, 1.165) is 11.1 Å². The second-order valence-corrected chi connectivity index (χ2v) is 8.04. The molecule has 2 aromatic carbocycles. The molecular formula is C19H18N4O7S. The number of anilines is 1. The lowest BCUT2D eigenvalue weighted by atomic mass is 10.1. The van der Waals surface area contributed by atoms with Gasteiger partial charge in [-0.25, -0.2) is 13.6 Å². The van der Waals surface area contributed by atoms with Crippen molar-refractivity contribution < 1.29 is 28.0 Å². The van der Waals surface area contributed by atoms with Crippen molar-refractivity contribution in [3.8, 4) is 11.5 Å². The van der Waals surface area contributed by atoms with Crippen molar-refractivity contribution in [3.05, 3.63) is 57.6 Å². The normalized spacial score (nSPS) is 15.3. The highest BCUT2D eigenvalue weighted by Crippen LogP contribution is 2.38. The number of primary sulfonamides is 1.